The Bertz CT molecular complexity index is 483. The van der Waals surface area contributed by atoms with Crippen LogP contribution in [0.1, 0.15) is 30.9 Å². The van der Waals surface area contributed by atoms with E-state index in [1.54, 1.807) is 13.1 Å². The Morgan fingerprint density at radius 3 is 3.00 bits per heavy atom. The highest BCUT2D eigenvalue weighted by Crippen LogP contribution is 2.46. The Morgan fingerprint density at radius 2 is 2.22 bits per heavy atom. The van der Waals surface area contributed by atoms with Crippen molar-refractivity contribution >= 4 is 0 Å². The Hall–Kier alpha value is -1.06. The molecule has 1 fully saturated rings. The number of benzene rings is 1. The van der Waals surface area contributed by atoms with Gasteiger partial charge in [0.1, 0.15) is 5.75 Å². The van der Waals surface area contributed by atoms with Gasteiger partial charge in [-0.3, -0.25) is 0 Å². The van der Waals surface area contributed by atoms with E-state index in [0.29, 0.717) is 18.2 Å². The van der Waals surface area contributed by atoms with Gasteiger partial charge < -0.3 is 15.0 Å². The van der Waals surface area contributed by atoms with Crippen molar-refractivity contribution in [2.24, 2.45) is 5.92 Å². The first-order chi connectivity index (χ1) is 8.38. The monoisotopic (exact) mass is 247 g/mol. The van der Waals surface area contributed by atoms with Gasteiger partial charge in [0.05, 0.1) is 20.1 Å². The van der Waals surface area contributed by atoms with Gasteiger partial charge in [-0.25, -0.2) is 0 Å². The highest BCUT2D eigenvalue weighted by Gasteiger charge is 2.42. The van der Waals surface area contributed by atoms with E-state index in [0.717, 1.165) is 25.8 Å². The van der Waals surface area contributed by atoms with Crippen LogP contribution in [-0.4, -0.2) is 29.9 Å². The van der Waals surface area contributed by atoms with Crippen LogP contribution in [-0.2, 0) is 11.8 Å². The van der Waals surface area contributed by atoms with Crippen molar-refractivity contribution in [3.05, 3.63) is 34.5 Å². The summed E-state index contributed by atoms with van der Waals surface area (Å²) in [5, 5.41) is 22.0. The minimum atomic E-state index is -0.111. The number of nitrogens with zero attached hydrogens (tertiary/aromatic N) is 1. The number of quaternary nitrogens is 1. The number of rotatable bonds is 0. The highest BCUT2D eigenvalue weighted by atomic mass is 16.5. The first-order valence-electron chi connectivity index (χ1n) is 6.76. The summed E-state index contributed by atoms with van der Waals surface area (Å²) in [4.78, 5) is 0. The van der Waals surface area contributed by atoms with Crippen molar-refractivity contribution in [3.63, 3.8) is 0 Å². The molecule has 1 N–H and O–H groups in total. The second-order valence-corrected chi connectivity index (χ2v) is 6.63. The topological polar surface area (TPSA) is 43.3 Å². The summed E-state index contributed by atoms with van der Waals surface area (Å²) in [7, 11) is 1.80. The van der Waals surface area contributed by atoms with Gasteiger partial charge in [0.15, 0.2) is 0 Å². The molecule has 0 amide bonds. The van der Waals surface area contributed by atoms with Gasteiger partial charge in [-0.15, -0.1) is 0 Å². The molecule has 0 spiro atoms. The molecule has 3 nitrogen and oxygen atoms in total. The van der Waals surface area contributed by atoms with E-state index in [1.165, 1.54) is 11.1 Å². The summed E-state index contributed by atoms with van der Waals surface area (Å²) in [5.74, 6) is 0.828. The molecule has 1 heterocycles. The van der Waals surface area contributed by atoms with Crippen LogP contribution in [0.15, 0.2) is 18.2 Å². The van der Waals surface area contributed by atoms with Gasteiger partial charge in [0.25, 0.3) is 0 Å². The van der Waals surface area contributed by atoms with Crippen molar-refractivity contribution in [1.82, 2.24) is 0 Å². The predicted octanol–water partition coefficient (Wildman–Crippen LogP) is 2.56. The molecule has 98 valence electrons. The van der Waals surface area contributed by atoms with Gasteiger partial charge in [-0.05, 0) is 41.5 Å². The summed E-state index contributed by atoms with van der Waals surface area (Å²) >= 11 is 0. The smallest absolute Gasteiger partial charge is 0.115 e. The molecule has 3 heteroatoms. The Balaban J connectivity index is 2.07. The lowest BCUT2D eigenvalue weighted by Crippen LogP contribution is -2.41. The molecule has 1 saturated heterocycles. The minimum absolute atomic E-state index is 0.0669. The van der Waals surface area contributed by atoms with Crippen molar-refractivity contribution in [3.8, 4) is 5.75 Å². The van der Waals surface area contributed by atoms with Gasteiger partial charge in [-0.1, -0.05) is 13.0 Å². The second-order valence-electron chi connectivity index (χ2n) is 6.63. The van der Waals surface area contributed by atoms with Crippen LogP contribution in [0, 0.1) is 11.1 Å². The SMILES string of the molecule is C[C@]12CC[N@+](C)([O-])C[C@H](Cc3ccc(O)cc31)C2. The van der Waals surface area contributed by atoms with Crippen LogP contribution in [0.4, 0.5) is 0 Å². The molecule has 0 unspecified atom stereocenters. The molecule has 18 heavy (non-hydrogen) atoms. The second kappa shape index (κ2) is 3.72. The summed E-state index contributed by atoms with van der Waals surface area (Å²) in [6.45, 7) is 3.67. The summed E-state index contributed by atoms with van der Waals surface area (Å²) in [5.41, 5.74) is 2.66. The molecule has 3 rings (SSSR count). The first-order valence-corrected chi connectivity index (χ1v) is 6.76. The Labute approximate surface area is 108 Å². The summed E-state index contributed by atoms with van der Waals surface area (Å²) < 4.78 is -0.111. The molecule has 1 aromatic carbocycles. The number of hydrogen-bond donors (Lipinski definition) is 1. The zero-order valence-corrected chi connectivity index (χ0v) is 11.1. The molecule has 1 aliphatic carbocycles. The van der Waals surface area contributed by atoms with E-state index in [1.807, 2.05) is 12.1 Å². The third-order valence-corrected chi connectivity index (χ3v) is 4.77. The maximum absolute atomic E-state index is 12.3. The van der Waals surface area contributed by atoms with Crippen molar-refractivity contribution in [2.75, 3.05) is 20.1 Å². The first kappa shape index (κ1) is 12.0. The molecule has 0 radical (unpaired) electrons. The van der Waals surface area contributed by atoms with Crippen molar-refractivity contribution < 1.29 is 9.75 Å². The zero-order chi connectivity index (χ0) is 13.0. The van der Waals surface area contributed by atoms with E-state index in [-0.39, 0.29) is 10.1 Å². The summed E-state index contributed by atoms with van der Waals surface area (Å²) in [6, 6.07) is 5.71. The standard InChI is InChI=1S/C15H21NO2/c1-15-5-6-16(2,18)10-11(9-15)7-12-3-4-13(17)8-14(12)15/h3-4,8,11,17H,5-7,9-10H2,1-2H3/t11-,15-,16+/m1/s1. The lowest BCUT2D eigenvalue weighted by atomic mass is 9.66. The van der Waals surface area contributed by atoms with Crippen LogP contribution in [0.25, 0.3) is 0 Å². The number of likely N-dealkylation sites (tertiary alicyclic amines) is 1. The average molecular weight is 247 g/mol. The number of aromatic hydroxyl groups is 1. The van der Waals surface area contributed by atoms with E-state index in [4.69, 9.17) is 0 Å². The van der Waals surface area contributed by atoms with Crippen LogP contribution in [0.2, 0.25) is 0 Å². The van der Waals surface area contributed by atoms with Crippen LogP contribution in [0.5, 0.6) is 5.75 Å². The average Bonchev–Trinajstić information content (AvgIpc) is 2.36. The molecule has 0 saturated carbocycles. The third-order valence-electron chi connectivity index (χ3n) is 4.77. The normalized spacial score (nSPS) is 38.9. The Morgan fingerprint density at radius 1 is 1.44 bits per heavy atom. The minimum Gasteiger partial charge on any atom is -0.633 e. The molecular weight excluding hydrogens is 226 g/mol. The lowest BCUT2D eigenvalue weighted by molar-refractivity contribution is -0.863. The number of phenolic OH excluding ortho intramolecular Hbond substituents is 1. The Kier molecular flexibility index (Phi) is 2.48. The van der Waals surface area contributed by atoms with E-state index in [9.17, 15) is 10.3 Å². The molecular formula is C15H21NO2. The highest BCUT2D eigenvalue weighted by molar-refractivity contribution is 5.42. The fourth-order valence-electron chi connectivity index (χ4n) is 3.92. The fourth-order valence-corrected chi connectivity index (χ4v) is 3.92. The third kappa shape index (κ3) is 1.91. The number of hydrogen-bond acceptors (Lipinski definition) is 2. The summed E-state index contributed by atoms with van der Waals surface area (Å²) in [6.07, 6.45) is 2.99. The number of phenols is 1. The molecule has 3 atom stereocenters. The van der Waals surface area contributed by atoms with Crippen LogP contribution >= 0.6 is 0 Å². The number of hydroxylamine groups is 3. The maximum atomic E-state index is 12.3. The molecule has 2 aliphatic rings. The largest absolute Gasteiger partial charge is 0.633 e. The van der Waals surface area contributed by atoms with Crippen molar-refractivity contribution in [1.29, 1.82) is 0 Å². The maximum Gasteiger partial charge on any atom is 0.115 e. The fraction of sp³-hybridized carbons (Fsp3) is 0.600. The lowest BCUT2D eigenvalue weighted by Gasteiger charge is -2.39. The molecule has 2 bridgehead atoms. The number of fused-ring (bicyclic) bond motifs is 4. The zero-order valence-electron chi connectivity index (χ0n) is 11.1. The van der Waals surface area contributed by atoms with Gasteiger partial charge in [0.2, 0.25) is 0 Å². The van der Waals surface area contributed by atoms with E-state index in [2.05, 4.69) is 6.92 Å². The van der Waals surface area contributed by atoms with E-state index < -0.39 is 0 Å². The van der Waals surface area contributed by atoms with Gasteiger partial charge in [0, 0.05) is 12.3 Å². The van der Waals surface area contributed by atoms with Gasteiger partial charge >= 0.3 is 0 Å². The van der Waals surface area contributed by atoms with E-state index >= 15 is 0 Å². The molecule has 1 aliphatic heterocycles. The van der Waals surface area contributed by atoms with Crippen LogP contribution in [0.3, 0.4) is 0 Å². The molecule has 1 aromatic rings. The molecule has 0 aromatic heterocycles. The predicted molar refractivity (Wildman–Crippen MR) is 71.2 cm³/mol. The quantitative estimate of drug-likeness (QED) is 0.565. The van der Waals surface area contributed by atoms with Crippen LogP contribution < -0.4 is 0 Å². The van der Waals surface area contributed by atoms with Crippen molar-refractivity contribution in [2.45, 2.75) is 31.6 Å². The van der Waals surface area contributed by atoms with Gasteiger partial charge in [-0.2, -0.15) is 0 Å².